The van der Waals surface area contributed by atoms with Crippen LogP contribution < -0.4 is 5.56 Å². The maximum absolute atomic E-state index is 12.0. The lowest BCUT2D eigenvalue weighted by molar-refractivity contribution is 0.624. The van der Waals surface area contributed by atoms with E-state index >= 15 is 0 Å². The van der Waals surface area contributed by atoms with Crippen LogP contribution in [0.15, 0.2) is 48.0 Å². The zero-order valence-corrected chi connectivity index (χ0v) is 9.10. The summed E-state index contributed by atoms with van der Waals surface area (Å²) in [5.74, 6) is 0. The summed E-state index contributed by atoms with van der Waals surface area (Å²) in [5.41, 5.74) is 0.794. The third kappa shape index (κ3) is 2.03. The Balaban J connectivity index is 2.37. The van der Waals surface area contributed by atoms with E-state index in [1.165, 1.54) is 0 Å². The molecule has 1 heterocycles. The first kappa shape index (κ1) is 10.6. The van der Waals surface area contributed by atoms with Crippen molar-refractivity contribution in [1.29, 1.82) is 0 Å². The van der Waals surface area contributed by atoms with E-state index in [9.17, 15) is 4.79 Å². The van der Waals surface area contributed by atoms with E-state index < -0.39 is 0 Å². The van der Waals surface area contributed by atoms with E-state index in [1.54, 1.807) is 10.9 Å². The topological polar surface area (TPSA) is 34.9 Å². The summed E-state index contributed by atoms with van der Waals surface area (Å²) in [7, 11) is 0. The number of hydrogen-bond donors (Lipinski definition) is 0. The van der Waals surface area contributed by atoms with Crippen molar-refractivity contribution < 1.29 is 0 Å². The zero-order chi connectivity index (χ0) is 11.4. The average molecular weight is 214 g/mol. The Hall–Kier alpha value is -1.90. The summed E-state index contributed by atoms with van der Waals surface area (Å²) >= 11 is 0. The number of aromatic nitrogens is 2. The summed E-state index contributed by atoms with van der Waals surface area (Å²) in [6, 6.07) is 7.41. The first-order valence-electron chi connectivity index (χ1n) is 5.38. The Morgan fingerprint density at radius 3 is 3.00 bits per heavy atom. The van der Waals surface area contributed by atoms with Crippen LogP contribution in [-0.2, 0) is 6.54 Å². The molecule has 0 unspecified atom stereocenters. The monoisotopic (exact) mass is 214 g/mol. The second-order valence-corrected chi connectivity index (χ2v) is 3.69. The van der Waals surface area contributed by atoms with Crippen molar-refractivity contribution in [3.05, 3.63) is 53.6 Å². The van der Waals surface area contributed by atoms with Gasteiger partial charge in [0.25, 0.3) is 5.56 Å². The van der Waals surface area contributed by atoms with Crippen LogP contribution in [0.5, 0.6) is 0 Å². The van der Waals surface area contributed by atoms with E-state index in [4.69, 9.17) is 0 Å². The fourth-order valence-electron chi connectivity index (χ4n) is 1.67. The molecule has 0 amide bonds. The van der Waals surface area contributed by atoms with Crippen molar-refractivity contribution in [1.82, 2.24) is 9.55 Å². The molecule has 16 heavy (non-hydrogen) atoms. The highest BCUT2D eigenvalue weighted by atomic mass is 16.1. The number of allylic oxidation sites excluding steroid dienone is 1. The summed E-state index contributed by atoms with van der Waals surface area (Å²) in [6.45, 7) is 4.36. The Morgan fingerprint density at radius 2 is 2.19 bits per heavy atom. The smallest absolute Gasteiger partial charge is 0.261 e. The van der Waals surface area contributed by atoms with E-state index in [1.807, 2.05) is 30.3 Å². The maximum Gasteiger partial charge on any atom is 0.261 e. The molecule has 0 atom stereocenters. The molecule has 0 saturated carbocycles. The van der Waals surface area contributed by atoms with Gasteiger partial charge in [-0.3, -0.25) is 9.36 Å². The SMILES string of the molecule is C=CCCCn1cnc2ccccc2c1=O. The molecule has 0 radical (unpaired) electrons. The molecule has 0 saturated heterocycles. The molecule has 1 aromatic carbocycles. The number of unbranched alkanes of at least 4 members (excludes halogenated alkanes) is 1. The number of nitrogens with zero attached hydrogens (tertiary/aromatic N) is 2. The highest BCUT2D eigenvalue weighted by Gasteiger charge is 2.01. The van der Waals surface area contributed by atoms with Crippen molar-refractivity contribution >= 4 is 10.9 Å². The molecule has 0 bridgehead atoms. The standard InChI is InChI=1S/C13H14N2O/c1-2-3-6-9-15-10-14-12-8-5-4-7-11(12)13(15)16/h2,4-5,7-8,10H,1,3,6,9H2. The van der Waals surface area contributed by atoms with Gasteiger partial charge in [-0.2, -0.15) is 0 Å². The molecule has 0 aliphatic carbocycles. The van der Waals surface area contributed by atoms with Crippen LogP contribution in [0.3, 0.4) is 0 Å². The number of fused-ring (bicyclic) bond motifs is 1. The van der Waals surface area contributed by atoms with Gasteiger partial charge in [-0.25, -0.2) is 4.98 Å². The Kier molecular flexibility index (Phi) is 3.15. The predicted molar refractivity (Wildman–Crippen MR) is 65.4 cm³/mol. The second kappa shape index (κ2) is 4.75. The van der Waals surface area contributed by atoms with Gasteiger partial charge in [0.1, 0.15) is 0 Å². The lowest BCUT2D eigenvalue weighted by atomic mass is 10.2. The normalized spacial score (nSPS) is 10.5. The highest BCUT2D eigenvalue weighted by molar-refractivity contribution is 5.76. The number of rotatable bonds is 4. The molecule has 2 aromatic rings. The van der Waals surface area contributed by atoms with Gasteiger partial charge in [0.2, 0.25) is 0 Å². The molecule has 0 aliphatic heterocycles. The van der Waals surface area contributed by atoms with Crippen molar-refractivity contribution in [3.8, 4) is 0 Å². The van der Waals surface area contributed by atoms with Gasteiger partial charge in [0.15, 0.2) is 0 Å². The summed E-state index contributed by atoms with van der Waals surface area (Å²) < 4.78 is 1.66. The van der Waals surface area contributed by atoms with E-state index in [-0.39, 0.29) is 5.56 Å². The molecule has 82 valence electrons. The Bertz CT molecular complexity index is 557. The minimum atomic E-state index is 0.0367. The maximum atomic E-state index is 12.0. The van der Waals surface area contributed by atoms with Crippen molar-refractivity contribution in [2.45, 2.75) is 19.4 Å². The van der Waals surface area contributed by atoms with Gasteiger partial charge in [-0.1, -0.05) is 18.2 Å². The fourth-order valence-corrected chi connectivity index (χ4v) is 1.67. The van der Waals surface area contributed by atoms with Crippen molar-refractivity contribution in [2.75, 3.05) is 0 Å². The molecule has 0 spiro atoms. The van der Waals surface area contributed by atoms with E-state index in [0.717, 1.165) is 18.4 Å². The molecule has 0 N–H and O–H groups in total. The van der Waals surface area contributed by atoms with Crippen LogP contribution in [0.1, 0.15) is 12.8 Å². The van der Waals surface area contributed by atoms with Gasteiger partial charge in [-0.05, 0) is 25.0 Å². The summed E-state index contributed by atoms with van der Waals surface area (Å²) in [4.78, 5) is 16.3. The molecule has 0 fully saturated rings. The average Bonchev–Trinajstić information content (AvgIpc) is 2.33. The summed E-state index contributed by atoms with van der Waals surface area (Å²) in [6.07, 6.45) is 5.32. The Labute approximate surface area is 94.1 Å². The Morgan fingerprint density at radius 1 is 1.38 bits per heavy atom. The molecule has 3 nitrogen and oxygen atoms in total. The third-order valence-corrected chi connectivity index (χ3v) is 2.54. The van der Waals surface area contributed by atoms with Crippen molar-refractivity contribution in [2.24, 2.45) is 0 Å². The number of aryl methyl sites for hydroxylation is 1. The van der Waals surface area contributed by atoms with Crippen LogP contribution in [0.25, 0.3) is 10.9 Å². The molecule has 2 rings (SSSR count). The number of benzene rings is 1. The first-order valence-corrected chi connectivity index (χ1v) is 5.38. The van der Waals surface area contributed by atoms with Crippen LogP contribution in [0.2, 0.25) is 0 Å². The minimum absolute atomic E-state index is 0.0367. The number of para-hydroxylation sites is 1. The van der Waals surface area contributed by atoms with E-state index in [0.29, 0.717) is 11.9 Å². The van der Waals surface area contributed by atoms with E-state index in [2.05, 4.69) is 11.6 Å². The minimum Gasteiger partial charge on any atom is -0.299 e. The van der Waals surface area contributed by atoms with Gasteiger partial charge < -0.3 is 0 Å². The fraction of sp³-hybridized carbons (Fsp3) is 0.231. The molecule has 1 aromatic heterocycles. The lowest BCUT2D eigenvalue weighted by Crippen LogP contribution is -2.20. The van der Waals surface area contributed by atoms with Gasteiger partial charge in [-0.15, -0.1) is 6.58 Å². The molecule has 0 aliphatic rings. The van der Waals surface area contributed by atoms with Crippen LogP contribution in [0.4, 0.5) is 0 Å². The number of hydrogen-bond acceptors (Lipinski definition) is 2. The van der Waals surface area contributed by atoms with Crippen molar-refractivity contribution in [3.63, 3.8) is 0 Å². The lowest BCUT2D eigenvalue weighted by Gasteiger charge is -2.04. The second-order valence-electron chi connectivity index (χ2n) is 3.69. The van der Waals surface area contributed by atoms with Crippen LogP contribution in [0, 0.1) is 0 Å². The predicted octanol–water partition coefficient (Wildman–Crippen LogP) is 2.36. The molecular weight excluding hydrogens is 200 g/mol. The van der Waals surface area contributed by atoms with Gasteiger partial charge >= 0.3 is 0 Å². The summed E-state index contributed by atoms with van der Waals surface area (Å²) in [5, 5.41) is 0.684. The van der Waals surface area contributed by atoms with Gasteiger partial charge in [0, 0.05) is 6.54 Å². The molecular formula is C13H14N2O. The van der Waals surface area contributed by atoms with Crippen LogP contribution >= 0.6 is 0 Å². The third-order valence-electron chi connectivity index (χ3n) is 2.54. The van der Waals surface area contributed by atoms with Crippen LogP contribution in [-0.4, -0.2) is 9.55 Å². The largest absolute Gasteiger partial charge is 0.299 e. The van der Waals surface area contributed by atoms with Gasteiger partial charge in [0.05, 0.1) is 17.2 Å². The highest BCUT2D eigenvalue weighted by Crippen LogP contribution is 2.05. The molecule has 3 heteroatoms. The first-order chi connectivity index (χ1) is 7.83. The zero-order valence-electron chi connectivity index (χ0n) is 9.10. The quantitative estimate of drug-likeness (QED) is 0.578.